The highest BCUT2D eigenvalue weighted by Gasteiger charge is 2.34. The van der Waals surface area contributed by atoms with Gasteiger partial charge in [0.15, 0.2) is 11.9 Å². The van der Waals surface area contributed by atoms with Gasteiger partial charge in [0.2, 0.25) is 5.69 Å². The van der Waals surface area contributed by atoms with Crippen LogP contribution in [-0.4, -0.2) is 14.1 Å². The van der Waals surface area contributed by atoms with Gasteiger partial charge in [-0.2, -0.15) is 0 Å². The Kier molecular flexibility index (Phi) is 4.05. The van der Waals surface area contributed by atoms with Gasteiger partial charge < -0.3 is 9.64 Å². The fourth-order valence-corrected chi connectivity index (χ4v) is 5.86. The second-order valence-corrected chi connectivity index (χ2v) is 9.46. The van der Waals surface area contributed by atoms with E-state index in [4.69, 9.17) is 4.74 Å². The van der Waals surface area contributed by atoms with E-state index >= 15 is 0 Å². The van der Waals surface area contributed by atoms with Crippen LogP contribution < -0.4 is 14.2 Å². The third-order valence-electron chi connectivity index (χ3n) is 7.35. The normalized spacial score (nSPS) is 15.4. The van der Waals surface area contributed by atoms with E-state index in [0.717, 1.165) is 17.2 Å². The molecule has 156 valence electrons. The van der Waals surface area contributed by atoms with Crippen LogP contribution in [0.25, 0.3) is 32.8 Å². The fourth-order valence-electron chi connectivity index (χ4n) is 5.86. The zero-order valence-corrected chi connectivity index (χ0v) is 18.8. The summed E-state index contributed by atoms with van der Waals surface area (Å²) in [6, 6.07) is 15.7. The van der Waals surface area contributed by atoms with E-state index in [2.05, 4.69) is 86.2 Å². The van der Waals surface area contributed by atoms with Gasteiger partial charge >= 0.3 is 0 Å². The number of rotatable bonds is 2. The Hall–Kier alpha value is -3.07. The van der Waals surface area contributed by atoms with Crippen LogP contribution in [0.3, 0.4) is 0 Å². The van der Waals surface area contributed by atoms with Crippen LogP contribution in [0, 0.1) is 6.92 Å². The zero-order chi connectivity index (χ0) is 21.3. The molecule has 1 aliphatic carbocycles. The molecular weight excluding hydrogens is 380 g/mol. The van der Waals surface area contributed by atoms with Gasteiger partial charge in [-0.05, 0) is 53.6 Å². The minimum Gasteiger partial charge on any atom is -0.453 e. The van der Waals surface area contributed by atoms with Crippen LogP contribution in [0.2, 0.25) is 0 Å². The molecule has 1 fully saturated rings. The fraction of sp³-hybridized carbons (Fsp3) is 0.321. The number of anilines is 1. The largest absolute Gasteiger partial charge is 0.453 e. The smallest absolute Gasteiger partial charge is 0.228 e. The van der Waals surface area contributed by atoms with E-state index in [1.54, 1.807) is 0 Å². The lowest BCUT2D eigenvalue weighted by molar-refractivity contribution is -0.659. The highest BCUT2D eigenvalue weighted by atomic mass is 16.5. The Labute approximate surface area is 183 Å². The van der Waals surface area contributed by atoms with Crippen LogP contribution in [-0.2, 0) is 7.05 Å². The minimum absolute atomic E-state index is 0.662. The number of aryl methyl sites for hydroxylation is 2. The number of benzene rings is 3. The van der Waals surface area contributed by atoms with E-state index in [1.807, 2.05) is 0 Å². The summed E-state index contributed by atoms with van der Waals surface area (Å²) in [7, 11) is 6.39. The molecule has 0 N–H and O–H groups in total. The predicted octanol–water partition coefficient (Wildman–Crippen LogP) is 6.62. The molecule has 0 radical (unpaired) electrons. The lowest BCUT2D eigenvalue weighted by Crippen LogP contribution is -2.32. The van der Waals surface area contributed by atoms with Crippen LogP contribution >= 0.6 is 0 Å². The second kappa shape index (κ2) is 6.71. The molecule has 0 amide bonds. The molecule has 1 aliphatic heterocycles. The molecule has 0 atom stereocenters. The van der Waals surface area contributed by atoms with Gasteiger partial charge in [-0.15, -0.1) is 0 Å². The van der Waals surface area contributed by atoms with Crippen molar-refractivity contribution in [1.29, 1.82) is 0 Å². The first-order valence-electron chi connectivity index (χ1n) is 11.4. The average molecular weight is 410 g/mol. The lowest BCUT2D eigenvalue weighted by Gasteiger charge is -2.28. The van der Waals surface area contributed by atoms with E-state index < -0.39 is 0 Å². The van der Waals surface area contributed by atoms with Crippen molar-refractivity contribution in [1.82, 2.24) is 0 Å². The second-order valence-electron chi connectivity index (χ2n) is 9.46. The highest BCUT2D eigenvalue weighted by molar-refractivity contribution is 6.10. The summed E-state index contributed by atoms with van der Waals surface area (Å²) in [5.74, 6) is 2.66. The number of hydrogen-bond donors (Lipinski definition) is 0. The van der Waals surface area contributed by atoms with Crippen molar-refractivity contribution in [3.05, 3.63) is 59.8 Å². The van der Waals surface area contributed by atoms with Gasteiger partial charge in [0.25, 0.3) is 0 Å². The topological polar surface area (TPSA) is 16.4 Å². The predicted molar refractivity (Wildman–Crippen MR) is 128 cm³/mol. The summed E-state index contributed by atoms with van der Waals surface area (Å²) in [5.41, 5.74) is 6.36. The molecule has 3 aromatic carbocycles. The van der Waals surface area contributed by atoms with Crippen LogP contribution in [0.1, 0.15) is 42.7 Å². The Morgan fingerprint density at radius 3 is 2.48 bits per heavy atom. The maximum atomic E-state index is 6.83. The molecule has 0 saturated heterocycles. The van der Waals surface area contributed by atoms with E-state index in [-0.39, 0.29) is 0 Å². The number of nitrogens with zero attached hydrogens (tertiary/aromatic N) is 2. The zero-order valence-electron chi connectivity index (χ0n) is 18.8. The van der Waals surface area contributed by atoms with Crippen molar-refractivity contribution < 1.29 is 9.30 Å². The Bertz CT molecular complexity index is 1360. The first kappa shape index (κ1) is 18.7. The minimum atomic E-state index is 0.662. The van der Waals surface area contributed by atoms with Crippen LogP contribution in [0.15, 0.2) is 48.7 Å². The van der Waals surface area contributed by atoms with E-state index in [9.17, 15) is 0 Å². The maximum absolute atomic E-state index is 6.83. The maximum Gasteiger partial charge on any atom is 0.228 e. The number of pyridine rings is 1. The van der Waals surface area contributed by atoms with E-state index in [0.29, 0.717) is 5.92 Å². The molecule has 4 aromatic rings. The summed E-state index contributed by atoms with van der Waals surface area (Å²) < 4.78 is 9.10. The van der Waals surface area contributed by atoms with Crippen molar-refractivity contribution in [2.24, 2.45) is 7.05 Å². The van der Waals surface area contributed by atoms with Crippen LogP contribution in [0.4, 0.5) is 5.69 Å². The molecule has 3 heteroatoms. The lowest BCUT2D eigenvalue weighted by atomic mass is 9.88. The third kappa shape index (κ3) is 2.62. The summed E-state index contributed by atoms with van der Waals surface area (Å²) in [5, 5.41) is 5.06. The quantitative estimate of drug-likeness (QED) is 0.305. The van der Waals surface area contributed by atoms with Crippen molar-refractivity contribution in [3.63, 3.8) is 0 Å². The molecule has 0 bridgehead atoms. The van der Waals surface area contributed by atoms with Gasteiger partial charge in [-0.25, -0.2) is 4.57 Å². The first-order chi connectivity index (χ1) is 15.0. The van der Waals surface area contributed by atoms with Crippen molar-refractivity contribution in [3.8, 4) is 22.8 Å². The Morgan fingerprint density at radius 1 is 1.00 bits per heavy atom. The van der Waals surface area contributed by atoms with Gasteiger partial charge in [0.05, 0.1) is 16.6 Å². The van der Waals surface area contributed by atoms with Gasteiger partial charge in [0, 0.05) is 25.5 Å². The molecule has 2 heterocycles. The number of hydrogen-bond acceptors (Lipinski definition) is 2. The van der Waals surface area contributed by atoms with Gasteiger partial charge in [-0.1, -0.05) is 43.2 Å². The monoisotopic (exact) mass is 409 g/mol. The molecule has 1 saturated carbocycles. The molecule has 3 nitrogen and oxygen atoms in total. The van der Waals surface area contributed by atoms with Gasteiger partial charge in [-0.3, -0.25) is 0 Å². The first-order valence-corrected chi connectivity index (χ1v) is 11.4. The Morgan fingerprint density at radius 2 is 1.74 bits per heavy atom. The number of ether oxygens (including phenoxy) is 1. The van der Waals surface area contributed by atoms with E-state index in [1.165, 1.54) is 69.6 Å². The standard InChI is InChI=1S/C28H29N2O/c1-17-21-11-7-8-12-22(21)26(29(2)3)28-24(17)27-25-19(13-14-30(27)4)15-20(16-23(25)31-28)18-9-5-6-10-18/h7-8,11-16,18H,5-6,9-10H2,1-4H3/q+1. The Balaban J connectivity index is 1.74. The van der Waals surface area contributed by atoms with Crippen LogP contribution in [0.5, 0.6) is 11.5 Å². The molecule has 0 unspecified atom stereocenters. The summed E-state index contributed by atoms with van der Waals surface area (Å²) in [6.07, 6.45) is 7.47. The SMILES string of the molecule is Cc1c2c(c(N(C)C)c3ccccc13)Oc1cc(C3CCCC3)cc3cc[n+](C)c-2c13. The number of aromatic nitrogens is 1. The van der Waals surface area contributed by atoms with Crippen molar-refractivity contribution in [2.75, 3.05) is 19.0 Å². The highest BCUT2D eigenvalue weighted by Crippen LogP contribution is 2.54. The molecule has 31 heavy (non-hydrogen) atoms. The van der Waals surface area contributed by atoms with Gasteiger partial charge in [0.1, 0.15) is 12.8 Å². The molecule has 1 aromatic heterocycles. The number of fused-ring (bicyclic) bond motifs is 3. The summed E-state index contributed by atoms with van der Waals surface area (Å²) in [6.45, 7) is 2.24. The third-order valence-corrected chi connectivity index (χ3v) is 7.35. The molecule has 6 rings (SSSR count). The molecular formula is C28H29N2O+. The average Bonchev–Trinajstić information content (AvgIpc) is 3.30. The summed E-state index contributed by atoms with van der Waals surface area (Å²) in [4.78, 5) is 2.20. The van der Waals surface area contributed by atoms with Crippen molar-refractivity contribution in [2.45, 2.75) is 38.5 Å². The molecule has 2 aliphatic rings. The summed E-state index contributed by atoms with van der Waals surface area (Å²) >= 11 is 0. The van der Waals surface area contributed by atoms with Crippen molar-refractivity contribution >= 4 is 27.2 Å². The molecule has 0 spiro atoms.